The molecule has 1 N–H and O–H groups in total. The van der Waals surface area contributed by atoms with Crippen molar-refractivity contribution in [2.24, 2.45) is 0 Å². The highest BCUT2D eigenvalue weighted by atomic mass is 35.5. The Kier molecular flexibility index (Phi) is 2.50. The SMILES string of the molecule is CC(=O)NC(=O)c1ccc(Cl)o1. The lowest BCUT2D eigenvalue weighted by Crippen LogP contribution is -2.27. The molecule has 4 nitrogen and oxygen atoms in total. The zero-order chi connectivity index (χ0) is 9.14. The minimum absolute atomic E-state index is 0.0233. The third-order valence-corrected chi connectivity index (χ3v) is 1.29. The van der Waals surface area contributed by atoms with Crippen LogP contribution in [-0.2, 0) is 4.79 Å². The molecule has 0 unspecified atom stereocenters. The molecule has 0 aliphatic heterocycles. The van der Waals surface area contributed by atoms with Crippen LogP contribution in [0.25, 0.3) is 0 Å². The number of halogens is 1. The minimum atomic E-state index is -0.589. The van der Waals surface area contributed by atoms with Gasteiger partial charge in [-0.1, -0.05) is 0 Å². The standard InChI is InChI=1S/C7H6ClNO3/c1-4(10)9-7(11)5-2-3-6(8)12-5/h2-3H,1H3,(H,9,10,11). The number of imide groups is 1. The van der Waals surface area contributed by atoms with Gasteiger partial charge in [-0.3, -0.25) is 14.9 Å². The zero-order valence-corrected chi connectivity index (χ0v) is 7.01. The second-order valence-corrected chi connectivity index (χ2v) is 2.49. The molecule has 1 heterocycles. The average molecular weight is 188 g/mol. The second-order valence-electron chi connectivity index (χ2n) is 2.11. The van der Waals surface area contributed by atoms with Gasteiger partial charge in [0.15, 0.2) is 11.0 Å². The molecule has 2 amide bonds. The maximum Gasteiger partial charge on any atom is 0.293 e. The van der Waals surface area contributed by atoms with E-state index in [1.54, 1.807) is 0 Å². The van der Waals surface area contributed by atoms with Crippen molar-refractivity contribution >= 4 is 23.4 Å². The molecule has 0 spiro atoms. The van der Waals surface area contributed by atoms with Crippen molar-refractivity contribution in [2.75, 3.05) is 0 Å². The number of carbonyl (C=O) groups excluding carboxylic acids is 2. The first-order chi connectivity index (χ1) is 5.59. The molecular formula is C7H6ClNO3. The van der Waals surface area contributed by atoms with Crippen molar-refractivity contribution in [1.82, 2.24) is 5.32 Å². The maximum atomic E-state index is 11.0. The van der Waals surface area contributed by atoms with Crippen molar-refractivity contribution in [3.8, 4) is 0 Å². The Morgan fingerprint density at radius 2 is 2.17 bits per heavy atom. The lowest BCUT2D eigenvalue weighted by atomic mass is 10.4. The van der Waals surface area contributed by atoms with Gasteiger partial charge in [-0.15, -0.1) is 0 Å². The van der Waals surface area contributed by atoms with E-state index in [0.29, 0.717) is 0 Å². The number of rotatable bonds is 1. The van der Waals surface area contributed by atoms with Crippen LogP contribution in [0.2, 0.25) is 5.22 Å². The summed E-state index contributed by atoms with van der Waals surface area (Å²) >= 11 is 5.41. The van der Waals surface area contributed by atoms with Gasteiger partial charge in [0.05, 0.1) is 0 Å². The predicted octanol–water partition coefficient (Wildman–Crippen LogP) is 1.21. The fraction of sp³-hybridized carbons (Fsp3) is 0.143. The van der Waals surface area contributed by atoms with Crippen LogP contribution in [-0.4, -0.2) is 11.8 Å². The molecule has 64 valence electrons. The molecule has 0 aromatic carbocycles. The molecular weight excluding hydrogens is 182 g/mol. The Morgan fingerprint density at radius 3 is 2.58 bits per heavy atom. The van der Waals surface area contributed by atoms with E-state index in [1.165, 1.54) is 19.1 Å². The van der Waals surface area contributed by atoms with Gasteiger partial charge in [0.25, 0.3) is 5.91 Å². The summed E-state index contributed by atoms with van der Waals surface area (Å²) in [6.07, 6.45) is 0. The number of furan rings is 1. The Bertz CT molecular complexity index is 318. The number of hydrogen-bond acceptors (Lipinski definition) is 3. The van der Waals surface area contributed by atoms with Gasteiger partial charge < -0.3 is 4.42 Å². The third kappa shape index (κ3) is 2.10. The molecule has 0 aliphatic carbocycles. The first-order valence-corrected chi connectivity index (χ1v) is 3.54. The third-order valence-electron chi connectivity index (χ3n) is 1.09. The first kappa shape index (κ1) is 8.80. The summed E-state index contributed by atoms with van der Waals surface area (Å²) < 4.78 is 4.75. The number of hydrogen-bond donors (Lipinski definition) is 1. The van der Waals surface area contributed by atoms with Gasteiger partial charge in [-0.2, -0.15) is 0 Å². The van der Waals surface area contributed by atoms with E-state index in [9.17, 15) is 9.59 Å². The van der Waals surface area contributed by atoms with Gasteiger partial charge in [0.1, 0.15) is 0 Å². The Hall–Kier alpha value is -1.29. The molecule has 0 radical (unpaired) electrons. The van der Waals surface area contributed by atoms with Crippen LogP contribution in [0, 0.1) is 0 Å². The van der Waals surface area contributed by atoms with Crippen molar-refractivity contribution < 1.29 is 14.0 Å². The Balaban J connectivity index is 2.72. The largest absolute Gasteiger partial charge is 0.440 e. The van der Waals surface area contributed by atoms with Crippen molar-refractivity contribution in [3.05, 3.63) is 23.1 Å². The summed E-state index contributed by atoms with van der Waals surface area (Å²) in [6.45, 7) is 1.24. The van der Waals surface area contributed by atoms with Crippen molar-refractivity contribution in [1.29, 1.82) is 0 Å². The van der Waals surface area contributed by atoms with Gasteiger partial charge in [-0.25, -0.2) is 0 Å². The summed E-state index contributed by atoms with van der Waals surface area (Å²) in [5.41, 5.74) is 0. The highest BCUT2D eigenvalue weighted by molar-refractivity contribution is 6.29. The Morgan fingerprint density at radius 1 is 1.50 bits per heavy atom. The predicted molar refractivity (Wildman–Crippen MR) is 41.9 cm³/mol. The maximum absolute atomic E-state index is 11.0. The molecule has 0 fully saturated rings. The van der Waals surface area contributed by atoms with Crippen LogP contribution < -0.4 is 5.32 Å². The van der Waals surface area contributed by atoms with Gasteiger partial charge >= 0.3 is 0 Å². The van der Waals surface area contributed by atoms with E-state index in [-0.39, 0.29) is 11.0 Å². The summed E-state index contributed by atoms with van der Waals surface area (Å²) in [5.74, 6) is -1.00. The minimum Gasteiger partial charge on any atom is -0.440 e. The molecule has 1 aromatic heterocycles. The van der Waals surface area contributed by atoms with E-state index in [2.05, 4.69) is 0 Å². The first-order valence-electron chi connectivity index (χ1n) is 3.17. The molecule has 0 saturated carbocycles. The number of nitrogens with one attached hydrogen (secondary N) is 1. The highest BCUT2D eigenvalue weighted by Crippen LogP contribution is 2.12. The monoisotopic (exact) mass is 187 g/mol. The molecule has 1 aromatic rings. The fourth-order valence-corrected chi connectivity index (χ4v) is 0.804. The van der Waals surface area contributed by atoms with Crippen LogP contribution in [0.1, 0.15) is 17.5 Å². The fourth-order valence-electron chi connectivity index (χ4n) is 0.658. The summed E-state index contributed by atoms with van der Waals surface area (Å²) in [7, 11) is 0. The number of carbonyl (C=O) groups is 2. The second kappa shape index (κ2) is 3.40. The van der Waals surface area contributed by atoms with Crippen LogP contribution >= 0.6 is 11.6 Å². The summed E-state index contributed by atoms with van der Waals surface area (Å²) in [6, 6.07) is 2.82. The topological polar surface area (TPSA) is 59.3 Å². The average Bonchev–Trinajstić information content (AvgIpc) is 2.34. The van der Waals surface area contributed by atoms with E-state index in [0.717, 1.165) is 0 Å². The van der Waals surface area contributed by atoms with Crippen molar-refractivity contribution in [2.45, 2.75) is 6.92 Å². The molecule has 1 rings (SSSR count). The van der Waals surface area contributed by atoms with Crippen molar-refractivity contribution in [3.63, 3.8) is 0 Å². The molecule has 0 atom stereocenters. The summed E-state index contributed by atoms with van der Waals surface area (Å²) in [4.78, 5) is 21.4. The normalized spacial score (nSPS) is 9.50. The molecule has 0 bridgehead atoms. The zero-order valence-electron chi connectivity index (χ0n) is 6.26. The lowest BCUT2D eigenvalue weighted by Gasteiger charge is -1.94. The van der Waals surface area contributed by atoms with Gasteiger partial charge in [-0.05, 0) is 23.7 Å². The van der Waals surface area contributed by atoms with Gasteiger partial charge in [0, 0.05) is 6.92 Å². The van der Waals surface area contributed by atoms with Gasteiger partial charge in [0.2, 0.25) is 5.91 Å². The molecule has 12 heavy (non-hydrogen) atoms. The van der Waals surface area contributed by atoms with Crippen LogP contribution in [0.5, 0.6) is 0 Å². The molecule has 0 saturated heterocycles. The van der Waals surface area contributed by atoms with E-state index < -0.39 is 11.8 Å². The van der Waals surface area contributed by atoms with Crippen LogP contribution in [0.4, 0.5) is 0 Å². The number of amides is 2. The van der Waals surface area contributed by atoms with E-state index in [1.807, 2.05) is 5.32 Å². The highest BCUT2D eigenvalue weighted by Gasteiger charge is 2.10. The lowest BCUT2D eigenvalue weighted by molar-refractivity contribution is -0.118. The molecule has 5 heteroatoms. The molecule has 0 aliphatic rings. The van der Waals surface area contributed by atoms with Crippen LogP contribution in [0.15, 0.2) is 16.5 Å². The smallest absolute Gasteiger partial charge is 0.293 e. The van der Waals surface area contributed by atoms with E-state index >= 15 is 0 Å². The quantitative estimate of drug-likeness (QED) is 0.719. The van der Waals surface area contributed by atoms with E-state index in [4.69, 9.17) is 16.0 Å². The van der Waals surface area contributed by atoms with Crippen LogP contribution in [0.3, 0.4) is 0 Å². The Labute approximate surface area is 73.5 Å². The summed E-state index contributed by atoms with van der Waals surface area (Å²) in [5, 5.41) is 2.16.